The van der Waals surface area contributed by atoms with Gasteiger partial charge in [0.15, 0.2) is 0 Å². The molecule has 1 saturated heterocycles. The number of rotatable bonds is 1. The molecule has 20 heavy (non-hydrogen) atoms. The molecule has 2 heterocycles. The maximum Gasteiger partial charge on any atom is 0.125 e. The third-order valence-electron chi connectivity index (χ3n) is 5.01. The van der Waals surface area contributed by atoms with Crippen LogP contribution in [0.4, 0.5) is 0 Å². The van der Waals surface area contributed by atoms with Crippen molar-refractivity contribution in [1.82, 2.24) is 4.90 Å². The van der Waals surface area contributed by atoms with E-state index in [-0.39, 0.29) is 6.04 Å². The molecule has 2 unspecified atom stereocenters. The first-order valence-corrected chi connectivity index (χ1v) is 7.72. The number of piperidine rings is 1. The van der Waals surface area contributed by atoms with E-state index in [4.69, 9.17) is 4.74 Å². The van der Waals surface area contributed by atoms with Crippen LogP contribution in [-0.2, 0) is 0 Å². The molecule has 0 aliphatic carbocycles. The van der Waals surface area contributed by atoms with E-state index in [1.165, 1.54) is 24.0 Å². The number of benzene rings is 1. The fraction of sp³-hybridized carbons (Fsp3) is 0.647. The number of aliphatic hydroxyl groups excluding tert-OH is 1. The molecule has 3 heteroatoms. The number of fused-ring (bicyclic) bond motifs is 1. The number of hydrogen-bond donors (Lipinski definition) is 1. The fourth-order valence-electron chi connectivity index (χ4n) is 3.31. The van der Waals surface area contributed by atoms with Crippen LogP contribution in [0.3, 0.4) is 0 Å². The quantitative estimate of drug-likeness (QED) is 0.855. The second-order valence-corrected chi connectivity index (χ2v) is 6.52. The zero-order chi connectivity index (χ0) is 14.3. The molecule has 3 nitrogen and oxygen atoms in total. The van der Waals surface area contributed by atoms with Crippen molar-refractivity contribution in [1.29, 1.82) is 0 Å². The van der Waals surface area contributed by atoms with E-state index in [0.29, 0.717) is 6.61 Å². The highest BCUT2D eigenvalue weighted by Gasteiger charge is 2.35. The third-order valence-corrected chi connectivity index (χ3v) is 5.01. The molecule has 2 aliphatic rings. The normalized spacial score (nSPS) is 28.0. The lowest BCUT2D eigenvalue weighted by atomic mass is 9.91. The lowest BCUT2D eigenvalue weighted by molar-refractivity contribution is -0.00978. The molecule has 1 aromatic carbocycles. The van der Waals surface area contributed by atoms with Gasteiger partial charge in [0.25, 0.3) is 0 Å². The van der Waals surface area contributed by atoms with Gasteiger partial charge in [0.05, 0.1) is 6.04 Å². The van der Waals surface area contributed by atoms with Crippen LogP contribution in [0.15, 0.2) is 12.1 Å². The Labute approximate surface area is 121 Å². The number of ether oxygens (including phenoxy) is 1. The van der Waals surface area contributed by atoms with E-state index in [0.717, 1.165) is 30.3 Å². The Kier molecular flexibility index (Phi) is 3.74. The first kappa shape index (κ1) is 13.9. The minimum absolute atomic E-state index is 0.108. The molecule has 0 saturated carbocycles. The summed E-state index contributed by atoms with van der Waals surface area (Å²) >= 11 is 0. The molecule has 0 radical (unpaired) electrons. The highest BCUT2D eigenvalue weighted by molar-refractivity contribution is 5.44. The SMILES string of the molecule is Cc1cc2c(cc1C)C(O)C(N1CCC(C)CC1)CO2. The van der Waals surface area contributed by atoms with Crippen LogP contribution >= 0.6 is 0 Å². The van der Waals surface area contributed by atoms with Crippen molar-refractivity contribution in [2.75, 3.05) is 19.7 Å². The number of likely N-dealkylation sites (tertiary alicyclic amines) is 1. The van der Waals surface area contributed by atoms with E-state index in [1.54, 1.807) is 0 Å². The van der Waals surface area contributed by atoms with Gasteiger partial charge in [-0.05, 0) is 69.0 Å². The Morgan fingerprint density at radius 3 is 2.50 bits per heavy atom. The average molecular weight is 275 g/mol. The van der Waals surface area contributed by atoms with Crippen LogP contribution in [0.2, 0.25) is 0 Å². The first-order chi connectivity index (χ1) is 9.56. The molecular formula is C17H25NO2. The van der Waals surface area contributed by atoms with E-state index in [9.17, 15) is 5.11 Å². The number of aryl methyl sites for hydroxylation is 2. The molecular weight excluding hydrogens is 250 g/mol. The Hall–Kier alpha value is -1.06. The monoisotopic (exact) mass is 275 g/mol. The van der Waals surface area contributed by atoms with Crippen LogP contribution < -0.4 is 4.74 Å². The lowest BCUT2D eigenvalue weighted by Crippen LogP contribution is -2.49. The van der Waals surface area contributed by atoms with E-state index >= 15 is 0 Å². The van der Waals surface area contributed by atoms with Gasteiger partial charge in [-0.3, -0.25) is 4.90 Å². The third kappa shape index (κ3) is 2.45. The standard InChI is InChI=1S/C17H25NO2/c1-11-4-6-18(7-5-11)15-10-20-16-9-13(3)12(2)8-14(16)17(15)19/h8-9,11,15,17,19H,4-7,10H2,1-3H3. The van der Waals surface area contributed by atoms with Gasteiger partial charge in [-0.25, -0.2) is 0 Å². The van der Waals surface area contributed by atoms with Crippen molar-refractivity contribution in [3.8, 4) is 5.75 Å². The van der Waals surface area contributed by atoms with Crippen molar-refractivity contribution in [3.63, 3.8) is 0 Å². The smallest absolute Gasteiger partial charge is 0.125 e. The molecule has 0 aromatic heterocycles. The van der Waals surface area contributed by atoms with Crippen molar-refractivity contribution in [3.05, 3.63) is 28.8 Å². The van der Waals surface area contributed by atoms with Crippen molar-refractivity contribution in [2.45, 2.75) is 45.8 Å². The number of aliphatic hydroxyl groups is 1. The van der Waals surface area contributed by atoms with Crippen LogP contribution in [0.5, 0.6) is 5.75 Å². The molecule has 0 spiro atoms. The summed E-state index contributed by atoms with van der Waals surface area (Å²) in [7, 11) is 0. The van der Waals surface area contributed by atoms with Gasteiger partial charge < -0.3 is 9.84 Å². The minimum Gasteiger partial charge on any atom is -0.491 e. The second-order valence-electron chi connectivity index (χ2n) is 6.52. The zero-order valence-corrected chi connectivity index (χ0v) is 12.7. The zero-order valence-electron chi connectivity index (χ0n) is 12.7. The van der Waals surface area contributed by atoms with Gasteiger partial charge in [-0.2, -0.15) is 0 Å². The van der Waals surface area contributed by atoms with Crippen molar-refractivity contribution in [2.24, 2.45) is 5.92 Å². The average Bonchev–Trinajstić information content (AvgIpc) is 2.43. The summed E-state index contributed by atoms with van der Waals surface area (Å²) in [5.74, 6) is 1.67. The minimum atomic E-state index is -0.425. The van der Waals surface area contributed by atoms with Gasteiger partial charge >= 0.3 is 0 Å². The van der Waals surface area contributed by atoms with Gasteiger partial charge in [-0.1, -0.05) is 6.92 Å². The molecule has 2 aliphatic heterocycles. The molecule has 2 atom stereocenters. The van der Waals surface area contributed by atoms with Gasteiger partial charge in [0.1, 0.15) is 18.5 Å². The molecule has 110 valence electrons. The number of nitrogens with zero attached hydrogens (tertiary/aromatic N) is 1. The van der Waals surface area contributed by atoms with Crippen LogP contribution in [0, 0.1) is 19.8 Å². The topological polar surface area (TPSA) is 32.7 Å². The lowest BCUT2D eigenvalue weighted by Gasteiger charge is -2.41. The van der Waals surface area contributed by atoms with Gasteiger partial charge in [-0.15, -0.1) is 0 Å². The maximum atomic E-state index is 10.7. The summed E-state index contributed by atoms with van der Waals surface area (Å²) in [6.45, 7) is 9.24. The molecule has 3 rings (SSSR count). The van der Waals surface area contributed by atoms with Gasteiger partial charge in [0.2, 0.25) is 0 Å². The van der Waals surface area contributed by atoms with E-state index in [2.05, 4.69) is 37.8 Å². The van der Waals surface area contributed by atoms with Crippen molar-refractivity contribution < 1.29 is 9.84 Å². The van der Waals surface area contributed by atoms with Crippen LogP contribution in [0.25, 0.3) is 0 Å². The highest BCUT2D eigenvalue weighted by atomic mass is 16.5. The second kappa shape index (κ2) is 5.38. The Morgan fingerprint density at radius 1 is 1.15 bits per heavy atom. The van der Waals surface area contributed by atoms with Crippen LogP contribution in [0.1, 0.15) is 42.6 Å². The van der Waals surface area contributed by atoms with E-state index < -0.39 is 6.10 Å². The Bertz CT molecular complexity index is 492. The molecule has 1 aromatic rings. The molecule has 0 bridgehead atoms. The summed E-state index contributed by atoms with van der Waals surface area (Å²) in [5, 5.41) is 10.7. The molecule has 0 amide bonds. The predicted octanol–water partition coefficient (Wildman–Crippen LogP) is 2.83. The maximum absolute atomic E-state index is 10.7. The number of hydrogen-bond acceptors (Lipinski definition) is 3. The summed E-state index contributed by atoms with van der Waals surface area (Å²) in [6, 6.07) is 4.26. The predicted molar refractivity (Wildman–Crippen MR) is 80.1 cm³/mol. The van der Waals surface area contributed by atoms with Crippen molar-refractivity contribution >= 4 is 0 Å². The highest BCUT2D eigenvalue weighted by Crippen LogP contribution is 2.37. The summed E-state index contributed by atoms with van der Waals surface area (Å²) in [6.07, 6.45) is 2.03. The Morgan fingerprint density at radius 2 is 1.80 bits per heavy atom. The molecule has 1 fully saturated rings. The van der Waals surface area contributed by atoms with Crippen LogP contribution in [-0.4, -0.2) is 35.7 Å². The first-order valence-electron chi connectivity index (χ1n) is 7.72. The fourth-order valence-corrected chi connectivity index (χ4v) is 3.31. The summed E-state index contributed by atoms with van der Waals surface area (Å²) < 4.78 is 5.92. The van der Waals surface area contributed by atoms with Gasteiger partial charge in [0, 0.05) is 5.56 Å². The molecule has 1 N–H and O–H groups in total. The Balaban J connectivity index is 1.81. The summed E-state index contributed by atoms with van der Waals surface area (Å²) in [4.78, 5) is 2.41. The summed E-state index contributed by atoms with van der Waals surface area (Å²) in [5.41, 5.74) is 3.41. The van der Waals surface area contributed by atoms with E-state index in [1.807, 2.05) is 0 Å². The largest absolute Gasteiger partial charge is 0.491 e.